The molecule has 0 N–H and O–H groups in total. The van der Waals surface area contributed by atoms with Gasteiger partial charge in [0.15, 0.2) is 0 Å². The quantitative estimate of drug-likeness (QED) is 0.375. The van der Waals surface area contributed by atoms with E-state index in [0.717, 1.165) is 22.3 Å². The summed E-state index contributed by atoms with van der Waals surface area (Å²) in [5.74, 6) is -1.24. The summed E-state index contributed by atoms with van der Waals surface area (Å²) >= 11 is 7.92. The zero-order valence-electron chi connectivity index (χ0n) is 13.8. The van der Waals surface area contributed by atoms with E-state index in [1.54, 1.807) is 6.08 Å². The second kappa shape index (κ2) is 5.17. The van der Waals surface area contributed by atoms with E-state index in [2.05, 4.69) is 62.7 Å². The monoisotopic (exact) mass is 471 g/mol. The van der Waals surface area contributed by atoms with Crippen LogP contribution in [0, 0.1) is 11.8 Å². The van der Waals surface area contributed by atoms with Crippen LogP contribution in [0.4, 0.5) is 0 Å². The van der Waals surface area contributed by atoms with Crippen molar-refractivity contribution in [3.63, 3.8) is 0 Å². The molecule has 130 valence electrons. The lowest BCUT2D eigenvalue weighted by Crippen LogP contribution is -2.56. The summed E-state index contributed by atoms with van der Waals surface area (Å²) in [5.41, 5.74) is 4.22. The Morgan fingerprint density at radius 3 is 1.50 bits per heavy atom. The fourth-order valence-corrected chi connectivity index (χ4v) is 7.34. The van der Waals surface area contributed by atoms with Gasteiger partial charge >= 0.3 is 0 Å². The topological polar surface area (TPSA) is 37.4 Å². The number of imide groups is 1. The lowest BCUT2D eigenvalue weighted by Gasteiger charge is -2.55. The van der Waals surface area contributed by atoms with Crippen LogP contribution >= 0.6 is 31.9 Å². The highest BCUT2D eigenvalue weighted by Gasteiger charge is 2.72. The van der Waals surface area contributed by atoms with E-state index in [9.17, 15) is 9.59 Å². The zero-order chi connectivity index (χ0) is 18.3. The van der Waals surface area contributed by atoms with Crippen LogP contribution in [-0.2, 0) is 18.2 Å². The first-order valence-electron chi connectivity index (χ1n) is 8.51. The molecule has 4 aliphatic rings. The Bertz CT molecular complexity index is 878. The van der Waals surface area contributed by atoms with Gasteiger partial charge < -0.3 is 0 Å². The third-order valence-corrected chi connectivity index (χ3v) is 8.68. The van der Waals surface area contributed by atoms with Crippen LogP contribution < -0.4 is 0 Å². The standard InChI is InChI=1S/C21H15Br2NO2/c1-2-11-24-18(25)16-17(19(24)26)21(23)13-8-4-3-7-12(13)20(16,22)14-9-5-6-10-15(14)21/h2-10,16-17H,1,11H2/t16-,17+,20?,21?. The molecule has 1 fully saturated rings. The molecule has 26 heavy (non-hydrogen) atoms. The summed E-state index contributed by atoms with van der Waals surface area (Å²) in [7, 11) is 0. The normalized spacial score (nSPS) is 33.7. The number of hydrogen-bond acceptors (Lipinski definition) is 2. The van der Waals surface area contributed by atoms with Gasteiger partial charge in [0.05, 0.1) is 20.5 Å². The molecule has 0 radical (unpaired) electrons. The molecule has 1 heterocycles. The molecule has 5 heteroatoms. The van der Waals surface area contributed by atoms with Crippen LogP contribution in [0.5, 0.6) is 0 Å². The number of alkyl halides is 2. The fraction of sp³-hybridized carbons (Fsp3) is 0.238. The van der Waals surface area contributed by atoms with Crippen molar-refractivity contribution in [2.75, 3.05) is 6.54 Å². The predicted octanol–water partition coefficient (Wildman–Crippen LogP) is 4.08. The number of benzene rings is 2. The van der Waals surface area contributed by atoms with Crippen LogP contribution in [0.15, 0.2) is 61.2 Å². The third-order valence-electron chi connectivity index (χ3n) is 5.99. The lowest BCUT2D eigenvalue weighted by molar-refractivity contribution is -0.139. The predicted molar refractivity (Wildman–Crippen MR) is 106 cm³/mol. The number of nitrogens with zero attached hydrogens (tertiary/aromatic N) is 1. The molecular weight excluding hydrogens is 458 g/mol. The fourth-order valence-electron chi connectivity index (χ4n) is 5.03. The molecule has 0 saturated carbocycles. The maximum atomic E-state index is 13.3. The average Bonchev–Trinajstić information content (AvgIpc) is 2.92. The van der Waals surface area contributed by atoms with E-state index in [0.29, 0.717) is 0 Å². The minimum Gasteiger partial charge on any atom is -0.278 e. The van der Waals surface area contributed by atoms with Crippen LogP contribution in [0.3, 0.4) is 0 Å². The molecule has 2 atom stereocenters. The van der Waals surface area contributed by atoms with Crippen LogP contribution in [0.2, 0.25) is 0 Å². The smallest absolute Gasteiger partial charge is 0.235 e. The van der Waals surface area contributed by atoms with Gasteiger partial charge in [-0.3, -0.25) is 14.5 Å². The van der Waals surface area contributed by atoms with Gasteiger partial charge in [0.2, 0.25) is 11.8 Å². The molecule has 3 nitrogen and oxygen atoms in total. The number of rotatable bonds is 2. The summed E-state index contributed by atoms with van der Waals surface area (Å²) in [4.78, 5) is 28.0. The minimum absolute atomic E-state index is 0.135. The SMILES string of the molecule is C=CCN1C(=O)[C@@H]2[C@H](C1=O)C1(Br)c3ccccc3C2(Br)c2ccccc21. The molecule has 0 aromatic heterocycles. The lowest BCUT2D eigenvalue weighted by atomic mass is 9.54. The average molecular weight is 473 g/mol. The summed E-state index contributed by atoms with van der Waals surface area (Å²) in [6, 6.07) is 16.2. The van der Waals surface area contributed by atoms with Crippen molar-refractivity contribution in [3.05, 3.63) is 83.4 Å². The number of halogens is 2. The number of hydrogen-bond donors (Lipinski definition) is 0. The first-order chi connectivity index (χ1) is 12.5. The van der Waals surface area contributed by atoms with Crippen molar-refractivity contribution in [2.45, 2.75) is 8.65 Å². The van der Waals surface area contributed by atoms with E-state index in [1.807, 2.05) is 24.3 Å². The van der Waals surface area contributed by atoms with Gasteiger partial charge in [-0.1, -0.05) is 86.5 Å². The van der Waals surface area contributed by atoms with Crippen molar-refractivity contribution in [3.8, 4) is 0 Å². The molecule has 2 aromatic rings. The van der Waals surface area contributed by atoms with E-state index < -0.39 is 20.5 Å². The summed E-state index contributed by atoms with van der Waals surface area (Å²) in [6.07, 6.45) is 1.61. The first kappa shape index (κ1) is 16.5. The van der Waals surface area contributed by atoms with Gasteiger partial charge in [-0.15, -0.1) is 6.58 Å². The molecule has 2 amide bonds. The second-order valence-electron chi connectivity index (χ2n) is 7.05. The van der Waals surface area contributed by atoms with Gasteiger partial charge in [-0.25, -0.2) is 0 Å². The van der Waals surface area contributed by atoms with Gasteiger partial charge in [-0.2, -0.15) is 0 Å². The largest absolute Gasteiger partial charge is 0.278 e. The molecule has 2 bridgehead atoms. The highest BCUT2D eigenvalue weighted by Crippen LogP contribution is 2.70. The molecule has 3 aliphatic carbocycles. The second-order valence-corrected chi connectivity index (χ2v) is 9.55. The van der Waals surface area contributed by atoms with Crippen molar-refractivity contribution in [2.24, 2.45) is 11.8 Å². The van der Waals surface area contributed by atoms with Crippen LogP contribution in [-0.4, -0.2) is 23.3 Å². The first-order valence-corrected chi connectivity index (χ1v) is 10.1. The van der Waals surface area contributed by atoms with E-state index in [4.69, 9.17) is 0 Å². The highest BCUT2D eigenvalue weighted by molar-refractivity contribution is 9.10. The van der Waals surface area contributed by atoms with Gasteiger partial charge in [-0.05, 0) is 22.3 Å². The molecule has 0 unspecified atom stereocenters. The van der Waals surface area contributed by atoms with Crippen LogP contribution in [0.25, 0.3) is 0 Å². The van der Waals surface area contributed by atoms with Crippen molar-refractivity contribution >= 4 is 43.7 Å². The molecule has 1 aliphatic heterocycles. The summed E-state index contributed by atoms with van der Waals surface area (Å²) in [6.45, 7) is 3.95. The maximum absolute atomic E-state index is 13.3. The van der Waals surface area contributed by atoms with Gasteiger partial charge in [0.1, 0.15) is 0 Å². The molecular formula is C21H15Br2NO2. The Labute approximate surface area is 168 Å². The van der Waals surface area contributed by atoms with Crippen molar-refractivity contribution in [1.82, 2.24) is 4.90 Å². The molecule has 1 saturated heterocycles. The number of likely N-dealkylation sites (tertiary alicyclic amines) is 1. The Morgan fingerprint density at radius 2 is 1.19 bits per heavy atom. The van der Waals surface area contributed by atoms with Crippen molar-refractivity contribution in [1.29, 1.82) is 0 Å². The third kappa shape index (κ3) is 1.61. The Hall–Kier alpha value is -1.72. The summed E-state index contributed by atoms with van der Waals surface area (Å²) < 4.78 is -1.41. The van der Waals surface area contributed by atoms with E-state index in [1.165, 1.54) is 4.90 Å². The van der Waals surface area contributed by atoms with E-state index in [-0.39, 0.29) is 18.4 Å². The van der Waals surface area contributed by atoms with Gasteiger partial charge in [0, 0.05) is 6.54 Å². The molecule has 2 aromatic carbocycles. The van der Waals surface area contributed by atoms with Crippen LogP contribution in [0.1, 0.15) is 22.3 Å². The molecule has 0 spiro atoms. The van der Waals surface area contributed by atoms with Crippen molar-refractivity contribution < 1.29 is 9.59 Å². The van der Waals surface area contributed by atoms with Gasteiger partial charge in [0.25, 0.3) is 0 Å². The summed E-state index contributed by atoms with van der Waals surface area (Å²) in [5, 5.41) is 0. The van der Waals surface area contributed by atoms with E-state index >= 15 is 0 Å². The molecule has 6 rings (SSSR count). The number of carbonyl (C=O) groups excluding carboxylic acids is 2. The zero-order valence-corrected chi connectivity index (χ0v) is 17.0. The maximum Gasteiger partial charge on any atom is 0.235 e. The Morgan fingerprint density at radius 1 is 0.846 bits per heavy atom. The highest BCUT2D eigenvalue weighted by atomic mass is 79.9. The minimum atomic E-state index is -0.705. The Kier molecular flexibility index (Phi) is 3.27. The Balaban J connectivity index is 1.90. The number of carbonyl (C=O) groups is 2. The number of amides is 2.